The highest BCUT2D eigenvalue weighted by molar-refractivity contribution is 5.99. The van der Waals surface area contributed by atoms with Gasteiger partial charge in [-0.05, 0) is 62.5 Å². The van der Waals surface area contributed by atoms with E-state index in [9.17, 15) is 14.4 Å². The number of imidazole rings is 1. The number of hydrogen-bond donors (Lipinski definition) is 4. The van der Waals surface area contributed by atoms with Crippen molar-refractivity contribution < 1.29 is 14.7 Å². The third kappa shape index (κ3) is 6.62. The largest absolute Gasteiger partial charge is 0.395 e. The lowest BCUT2D eigenvalue weighted by Gasteiger charge is -2.19. The molecule has 1 saturated heterocycles. The molecule has 7 rings (SSSR count). The van der Waals surface area contributed by atoms with Gasteiger partial charge in [0.15, 0.2) is 0 Å². The van der Waals surface area contributed by atoms with E-state index >= 15 is 0 Å². The highest BCUT2D eigenvalue weighted by Gasteiger charge is 2.25. The molecule has 1 aliphatic heterocycles. The number of rotatable bonds is 14. The highest BCUT2D eigenvalue weighted by Crippen LogP contribution is 2.38. The van der Waals surface area contributed by atoms with Crippen LogP contribution in [-0.2, 0) is 35.5 Å². The van der Waals surface area contributed by atoms with Crippen molar-refractivity contribution in [2.75, 3.05) is 39.3 Å². The van der Waals surface area contributed by atoms with Crippen LogP contribution in [0, 0.1) is 0 Å². The summed E-state index contributed by atoms with van der Waals surface area (Å²) < 4.78 is 4.68. The Morgan fingerprint density at radius 2 is 1.86 bits per heavy atom. The molecule has 4 N–H and O–H groups in total. The first kappa shape index (κ1) is 32.7. The molecule has 12 heteroatoms. The molecule has 0 spiro atoms. The molecule has 1 fully saturated rings. The standard InChI is InChI=1S/C37H44N8O4/c1-2-44-31-8-4-3-7-25(31)26-21-24(10-12-32(26)44)36-41-30-22-28-29(23-33(30)45(36)19-6-18-43-17-5-9-35(43)48)40-27(37(49)42-28)11-13-34(47)39-15-14-38-16-20-46/h3-4,7-8,21-23,38,46H,2,5-6,9-20H2,1H3,(H,39,47)(H,42,49). The number of H-pyrrole nitrogens is 1. The number of fused-ring (bicyclic) bond motifs is 5. The first-order valence-corrected chi connectivity index (χ1v) is 17.6. The molecule has 2 aliphatic rings. The van der Waals surface area contributed by atoms with Gasteiger partial charge >= 0.3 is 0 Å². The molecule has 4 heterocycles. The number of hydrogen-bond acceptors (Lipinski definition) is 7. The molecule has 49 heavy (non-hydrogen) atoms. The fourth-order valence-electron chi connectivity index (χ4n) is 7.41. The number of para-hydroxylation sites is 1. The van der Waals surface area contributed by atoms with Crippen molar-refractivity contribution in [2.45, 2.75) is 65.0 Å². The van der Waals surface area contributed by atoms with Gasteiger partial charge < -0.3 is 34.8 Å². The van der Waals surface area contributed by atoms with Crippen LogP contribution in [-0.4, -0.2) is 85.2 Å². The molecule has 0 radical (unpaired) electrons. The molecule has 3 aromatic heterocycles. The molecule has 5 aromatic rings. The van der Waals surface area contributed by atoms with Crippen LogP contribution in [0.2, 0.25) is 0 Å². The van der Waals surface area contributed by atoms with Crippen LogP contribution in [0.5, 0.6) is 0 Å². The van der Waals surface area contributed by atoms with Crippen LogP contribution in [0.4, 0.5) is 0 Å². The minimum Gasteiger partial charge on any atom is -0.395 e. The quantitative estimate of drug-likeness (QED) is 0.133. The molecule has 12 nitrogen and oxygen atoms in total. The molecule has 1 aliphatic carbocycles. The first-order valence-electron chi connectivity index (χ1n) is 17.6. The van der Waals surface area contributed by atoms with E-state index in [1.165, 1.54) is 27.7 Å². The second kappa shape index (κ2) is 14.4. The predicted octanol–water partition coefficient (Wildman–Crippen LogP) is 3.38. The number of allylic oxidation sites excluding steroid dienone is 1. The molecule has 0 saturated carbocycles. The van der Waals surface area contributed by atoms with Gasteiger partial charge in [0, 0.05) is 87.2 Å². The van der Waals surface area contributed by atoms with Crippen LogP contribution in [0.15, 0.2) is 41.2 Å². The SMILES string of the molecule is CCn1c2c(c3ccccc31)C=C(c1nc3cc4[nH]c(=O)c(CCC(=O)NCCNCCO)nc4cc3n1CCCN1CCCC1=O)CC2. The number of aliphatic hydroxyl groups excluding tert-OH is 1. The highest BCUT2D eigenvalue weighted by atomic mass is 16.3. The number of aliphatic hydroxyl groups is 1. The Bertz CT molecular complexity index is 2120. The molecule has 0 atom stereocenters. The van der Waals surface area contributed by atoms with Crippen molar-refractivity contribution in [3.8, 4) is 0 Å². The second-order valence-electron chi connectivity index (χ2n) is 12.9. The fraction of sp³-hybridized carbons (Fsp3) is 0.432. The third-order valence-corrected chi connectivity index (χ3v) is 9.79. The number of aromatic amines is 1. The van der Waals surface area contributed by atoms with Gasteiger partial charge in [-0.25, -0.2) is 9.97 Å². The van der Waals surface area contributed by atoms with Gasteiger partial charge in [-0.2, -0.15) is 0 Å². The van der Waals surface area contributed by atoms with Gasteiger partial charge in [-0.3, -0.25) is 14.4 Å². The number of likely N-dealkylation sites (tertiary alicyclic amines) is 1. The molecule has 2 amide bonds. The molecule has 0 bridgehead atoms. The van der Waals surface area contributed by atoms with Crippen LogP contribution >= 0.6 is 0 Å². The van der Waals surface area contributed by atoms with Gasteiger partial charge in [0.05, 0.1) is 28.7 Å². The Labute approximate surface area is 284 Å². The smallest absolute Gasteiger partial charge is 0.270 e. The maximum absolute atomic E-state index is 13.0. The van der Waals surface area contributed by atoms with Crippen molar-refractivity contribution in [3.63, 3.8) is 0 Å². The summed E-state index contributed by atoms with van der Waals surface area (Å²) in [6.07, 6.45) is 6.78. The zero-order chi connectivity index (χ0) is 33.9. The summed E-state index contributed by atoms with van der Waals surface area (Å²) in [7, 11) is 0. The van der Waals surface area contributed by atoms with Crippen molar-refractivity contribution in [1.29, 1.82) is 0 Å². The predicted molar refractivity (Wildman–Crippen MR) is 191 cm³/mol. The summed E-state index contributed by atoms with van der Waals surface area (Å²) >= 11 is 0. The number of aryl methyl sites for hydroxylation is 3. The monoisotopic (exact) mass is 664 g/mol. The lowest BCUT2D eigenvalue weighted by atomic mass is 9.95. The summed E-state index contributed by atoms with van der Waals surface area (Å²) in [5.74, 6) is 0.974. The zero-order valence-electron chi connectivity index (χ0n) is 28.1. The van der Waals surface area contributed by atoms with Gasteiger partial charge in [-0.15, -0.1) is 0 Å². The Morgan fingerprint density at radius 3 is 2.67 bits per heavy atom. The normalized spacial score (nSPS) is 14.7. The lowest BCUT2D eigenvalue weighted by Crippen LogP contribution is -2.33. The van der Waals surface area contributed by atoms with E-state index in [0.29, 0.717) is 55.9 Å². The summed E-state index contributed by atoms with van der Waals surface area (Å²) in [6.45, 7) is 6.83. The van der Waals surface area contributed by atoms with Crippen molar-refractivity contribution in [3.05, 3.63) is 69.5 Å². The van der Waals surface area contributed by atoms with Crippen LogP contribution in [0.25, 0.3) is 44.6 Å². The third-order valence-electron chi connectivity index (χ3n) is 9.79. The molecule has 0 unspecified atom stereocenters. The van der Waals surface area contributed by atoms with E-state index in [0.717, 1.165) is 55.6 Å². The molecular weight excluding hydrogens is 620 g/mol. The van der Waals surface area contributed by atoms with E-state index in [4.69, 9.17) is 15.1 Å². The maximum Gasteiger partial charge on any atom is 0.270 e. The average molecular weight is 665 g/mol. The summed E-state index contributed by atoms with van der Waals surface area (Å²) in [5, 5.41) is 16.0. The van der Waals surface area contributed by atoms with Crippen LogP contribution < -0.4 is 16.2 Å². The number of amides is 2. The van der Waals surface area contributed by atoms with Crippen molar-refractivity contribution >= 4 is 56.4 Å². The van der Waals surface area contributed by atoms with E-state index in [-0.39, 0.29) is 36.8 Å². The van der Waals surface area contributed by atoms with Crippen molar-refractivity contribution in [2.24, 2.45) is 0 Å². The minimum atomic E-state index is -0.311. The first-order chi connectivity index (χ1) is 23.9. The van der Waals surface area contributed by atoms with E-state index in [2.05, 4.69) is 62.0 Å². The molecule has 256 valence electrons. The van der Waals surface area contributed by atoms with E-state index < -0.39 is 0 Å². The molecule has 2 aromatic carbocycles. The van der Waals surface area contributed by atoms with Gasteiger partial charge in [0.25, 0.3) is 5.56 Å². The second-order valence-corrected chi connectivity index (χ2v) is 12.9. The number of carbonyl (C=O) groups excluding carboxylic acids is 2. The van der Waals surface area contributed by atoms with Gasteiger partial charge in [0.1, 0.15) is 11.5 Å². The maximum atomic E-state index is 13.0. The van der Waals surface area contributed by atoms with E-state index in [1.54, 1.807) is 0 Å². The molecular formula is C37H44N8O4. The number of carbonyl (C=O) groups is 2. The van der Waals surface area contributed by atoms with E-state index in [1.807, 2.05) is 17.0 Å². The van der Waals surface area contributed by atoms with Gasteiger partial charge in [0.2, 0.25) is 11.8 Å². The number of nitrogens with zero attached hydrogens (tertiary/aromatic N) is 5. The topological polar surface area (TPSA) is 150 Å². The zero-order valence-corrected chi connectivity index (χ0v) is 28.1. The van der Waals surface area contributed by atoms with Crippen LogP contribution in [0.1, 0.15) is 61.8 Å². The lowest BCUT2D eigenvalue weighted by molar-refractivity contribution is -0.127. The minimum absolute atomic E-state index is 0.0439. The van der Waals surface area contributed by atoms with Crippen LogP contribution in [0.3, 0.4) is 0 Å². The summed E-state index contributed by atoms with van der Waals surface area (Å²) in [4.78, 5) is 52.6. The van der Waals surface area contributed by atoms with Gasteiger partial charge in [-0.1, -0.05) is 18.2 Å². The number of benzene rings is 2. The Hall–Kier alpha value is -4.81. The number of nitrogens with one attached hydrogen (secondary N) is 3. The Kier molecular flexibility index (Phi) is 9.58. The number of aromatic nitrogens is 5. The summed E-state index contributed by atoms with van der Waals surface area (Å²) in [6, 6.07) is 12.5. The average Bonchev–Trinajstić information content (AvgIpc) is 3.78. The Balaban J connectivity index is 1.22. The van der Waals surface area contributed by atoms with Crippen molar-refractivity contribution in [1.82, 2.24) is 39.6 Å². The fourth-order valence-corrected chi connectivity index (χ4v) is 7.41. The Morgan fingerprint density at radius 1 is 0.980 bits per heavy atom. The summed E-state index contributed by atoms with van der Waals surface area (Å²) in [5.41, 5.74) is 7.99.